The Bertz CT molecular complexity index is 545. The Morgan fingerprint density at radius 1 is 1.65 bits per heavy atom. The number of halogens is 1. The van der Waals surface area contributed by atoms with Crippen molar-refractivity contribution in [1.82, 2.24) is 15.1 Å². The molecule has 90 valence electrons. The molecule has 2 aromatic rings. The molecule has 0 bridgehead atoms. The number of hydrogen-bond donors (Lipinski definition) is 1. The number of carbonyl (C=O) groups is 1. The van der Waals surface area contributed by atoms with E-state index in [1.807, 2.05) is 20.2 Å². The molecule has 2 heterocycles. The molecule has 1 N–H and O–H groups in total. The maximum Gasteiger partial charge on any atom is 0.256 e. The third-order valence-corrected chi connectivity index (χ3v) is 2.71. The Balaban J connectivity index is 2.02. The van der Waals surface area contributed by atoms with Crippen LogP contribution in [0.4, 0.5) is 0 Å². The highest BCUT2D eigenvalue weighted by Gasteiger charge is 2.13. The highest BCUT2D eigenvalue weighted by molar-refractivity contribution is 6.32. The quantitative estimate of drug-likeness (QED) is 0.909. The first-order valence-corrected chi connectivity index (χ1v) is 5.46. The van der Waals surface area contributed by atoms with Gasteiger partial charge in [0.15, 0.2) is 0 Å². The molecular weight excluding hydrogens is 242 g/mol. The third-order valence-electron chi connectivity index (χ3n) is 2.42. The van der Waals surface area contributed by atoms with Crippen LogP contribution in [-0.4, -0.2) is 15.7 Å². The zero-order chi connectivity index (χ0) is 12.4. The van der Waals surface area contributed by atoms with Gasteiger partial charge in [0.1, 0.15) is 0 Å². The van der Waals surface area contributed by atoms with E-state index >= 15 is 0 Å². The minimum Gasteiger partial charge on any atom is -0.452 e. The Hall–Kier alpha value is -1.75. The molecule has 2 rings (SSSR count). The molecule has 5 nitrogen and oxygen atoms in total. The van der Waals surface area contributed by atoms with Crippen molar-refractivity contribution in [2.24, 2.45) is 7.05 Å². The van der Waals surface area contributed by atoms with Crippen LogP contribution in [0.25, 0.3) is 0 Å². The number of carbonyl (C=O) groups excluding carboxylic acids is 1. The van der Waals surface area contributed by atoms with Gasteiger partial charge in [0.25, 0.3) is 5.91 Å². The van der Waals surface area contributed by atoms with Crippen molar-refractivity contribution in [3.63, 3.8) is 0 Å². The Morgan fingerprint density at radius 3 is 2.94 bits per heavy atom. The van der Waals surface area contributed by atoms with Crippen molar-refractivity contribution < 1.29 is 9.21 Å². The van der Waals surface area contributed by atoms with E-state index in [0.29, 0.717) is 12.1 Å². The summed E-state index contributed by atoms with van der Waals surface area (Å²) in [5.74, 6) is -0.257. The molecule has 1 amide bonds. The maximum atomic E-state index is 11.7. The second-order valence-electron chi connectivity index (χ2n) is 3.70. The topological polar surface area (TPSA) is 60.1 Å². The van der Waals surface area contributed by atoms with E-state index in [1.165, 1.54) is 12.3 Å². The molecule has 6 heteroatoms. The lowest BCUT2D eigenvalue weighted by Gasteiger charge is -2.02. The molecule has 0 unspecified atom stereocenters. The summed E-state index contributed by atoms with van der Waals surface area (Å²) in [7, 11) is 1.84. The number of nitrogens with zero attached hydrogens (tertiary/aromatic N) is 2. The zero-order valence-corrected chi connectivity index (χ0v) is 10.3. The van der Waals surface area contributed by atoms with Gasteiger partial charge in [-0.2, -0.15) is 5.10 Å². The van der Waals surface area contributed by atoms with Gasteiger partial charge in [-0.15, -0.1) is 0 Å². The van der Waals surface area contributed by atoms with Crippen molar-refractivity contribution in [2.45, 2.75) is 13.5 Å². The minimum atomic E-state index is -0.257. The second kappa shape index (κ2) is 4.63. The molecule has 0 radical (unpaired) electrons. The summed E-state index contributed by atoms with van der Waals surface area (Å²) >= 11 is 5.71. The number of furan rings is 1. The molecule has 0 fully saturated rings. The predicted octanol–water partition coefficient (Wildman–Crippen LogP) is 1.90. The molecule has 0 spiro atoms. The van der Waals surface area contributed by atoms with Crippen LogP contribution < -0.4 is 5.32 Å². The Morgan fingerprint density at radius 2 is 2.41 bits per heavy atom. The number of nitrogens with one attached hydrogen (secondary N) is 1. The molecule has 0 aliphatic carbocycles. The van der Waals surface area contributed by atoms with Crippen molar-refractivity contribution in [1.29, 1.82) is 0 Å². The first-order chi connectivity index (χ1) is 8.08. The molecule has 0 aliphatic rings. The fourth-order valence-corrected chi connectivity index (χ4v) is 1.75. The number of rotatable bonds is 3. The summed E-state index contributed by atoms with van der Waals surface area (Å²) in [5, 5.41) is 7.05. The van der Waals surface area contributed by atoms with Crippen molar-refractivity contribution >= 4 is 17.5 Å². The minimum absolute atomic E-state index is 0.102. The van der Waals surface area contributed by atoms with Crippen molar-refractivity contribution in [3.8, 4) is 0 Å². The normalized spacial score (nSPS) is 10.5. The average molecular weight is 254 g/mol. The molecule has 0 aromatic carbocycles. The van der Waals surface area contributed by atoms with Crippen LogP contribution in [-0.2, 0) is 13.6 Å². The van der Waals surface area contributed by atoms with Gasteiger partial charge in [-0.05, 0) is 24.6 Å². The Labute approximate surface area is 103 Å². The molecule has 0 aliphatic heterocycles. The number of aromatic nitrogens is 2. The van der Waals surface area contributed by atoms with Crippen LogP contribution in [0.5, 0.6) is 0 Å². The molecule has 2 aromatic heterocycles. The first-order valence-electron chi connectivity index (χ1n) is 5.08. The maximum absolute atomic E-state index is 11.7. The van der Waals surface area contributed by atoms with Crippen molar-refractivity contribution in [2.75, 3.05) is 0 Å². The fourth-order valence-electron chi connectivity index (χ4n) is 1.55. The summed E-state index contributed by atoms with van der Waals surface area (Å²) in [6.45, 7) is 2.31. The smallest absolute Gasteiger partial charge is 0.256 e. The van der Waals surface area contributed by atoms with Gasteiger partial charge < -0.3 is 9.73 Å². The van der Waals surface area contributed by atoms with E-state index in [1.54, 1.807) is 4.68 Å². The summed E-state index contributed by atoms with van der Waals surface area (Å²) < 4.78 is 6.56. The van der Waals surface area contributed by atoms with E-state index in [4.69, 9.17) is 16.0 Å². The van der Waals surface area contributed by atoms with E-state index in [-0.39, 0.29) is 11.1 Å². The largest absolute Gasteiger partial charge is 0.452 e. The first kappa shape index (κ1) is 11.7. The molecular formula is C11H12ClN3O2. The monoisotopic (exact) mass is 253 g/mol. The summed E-state index contributed by atoms with van der Waals surface area (Å²) in [6, 6.07) is 1.54. The van der Waals surface area contributed by atoms with E-state index in [0.717, 1.165) is 11.3 Å². The molecule has 0 saturated carbocycles. The van der Waals surface area contributed by atoms with Crippen LogP contribution in [0.2, 0.25) is 5.22 Å². The highest BCUT2D eigenvalue weighted by atomic mass is 35.5. The fraction of sp³-hybridized carbons (Fsp3) is 0.273. The van der Waals surface area contributed by atoms with Crippen LogP contribution >= 0.6 is 11.6 Å². The SMILES string of the molecule is Cc1nn(C)cc1CNC(=O)c1ccoc1Cl. The molecule has 17 heavy (non-hydrogen) atoms. The van der Waals surface area contributed by atoms with Gasteiger partial charge in [-0.3, -0.25) is 9.48 Å². The van der Waals surface area contributed by atoms with E-state index in [2.05, 4.69) is 10.4 Å². The predicted molar refractivity (Wildman–Crippen MR) is 62.8 cm³/mol. The number of amides is 1. The number of aryl methyl sites for hydroxylation is 2. The summed E-state index contributed by atoms with van der Waals surface area (Å²) in [5.41, 5.74) is 2.21. The van der Waals surface area contributed by atoms with Gasteiger partial charge in [-0.25, -0.2) is 0 Å². The van der Waals surface area contributed by atoms with Crippen LogP contribution in [0.1, 0.15) is 21.6 Å². The zero-order valence-electron chi connectivity index (χ0n) is 9.53. The number of hydrogen-bond acceptors (Lipinski definition) is 3. The lowest BCUT2D eigenvalue weighted by molar-refractivity contribution is 0.0950. The van der Waals surface area contributed by atoms with Crippen LogP contribution in [0, 0.1) is 6.92 Å². The molecule has 0 saturated heterocycles. The summed E-state index contributed by atoms with van der Waals surface area (Å²) in [6.07, 6.45) is 3.25. The second-order valence-corrected chi connectivity index (χ2v) is 4.05. The van der Waals surface area contributed by atoms with Crippen LogP contribution in [0.3, 0.4) is 0 Å². The molecule has 0 atom stereocenters. The summed E-state index contributed by atoms with van der Waals surface area (Å²) in [4.78, 5) is 11.7. The third kappa shape index (κ3) is 2.50. The van der Waals surface area contributed by atoms with E-state index in [9.17, 15) is 4.79 Å². The average Bonchev–Trinajstić information content (AvgIpc) is 2.81. The van der Waals surface area contributed by atoms with Crippen LogP contribution in [0.15, 0.2) is 22.9 Å². The highest BCUT2D eigenvalue weighted by Crippen LogP contribution is 2.16. The standard InChI is InChI=1S/C11H12ClN3O2/c1-7-8(6-15(2)14-7)5-13-11(16)9-3-4-17-10(9)12/h3-4,6H,5H2,1-2H3,(H,13,16). The van der Waals surface area contributed by atoms with E-state index < -0.39 is 0 Å². The lowest BCUT2D eigenvalue weighted by atomic mass is 10.2. The van der Waals surface area contributed by atoms with Gasteiger partial charge in [0, 0.05) is 25.4 Å². The van der Waals surface area contributed by atoms with Crippen molar-refractivity contribution in [3.05, 3.63) is 40.6 Å². The van der Waals surface area contributed by atoms with Gasteiger partial charge in [0.05, 0.1) is 17.5 Å². The van der Waals surface area contributed by atoms with Gasteiger partial charge >= 0.3 is 0 Å². The van der Waals surface area contributed by atoms with Gasteiger partial charge in [0.2, 0.25) is 5.22 Å². The lowest BCUT2D eigenvalue weighted by Crippen LogP contribution is -2.22. The Kier molecular flexibility index (Phi) is 3.19. The van der Waals surface area contributed by atoms with Gasteiger partial charge in [-0.1, -0.05) is 0 Å².